The molecule has 0 radical (unpaired) electrons. The molecule has 2 N–H and O–H groups in total. The van der Waals surface area contributed by atoms with Crippen LogP contribution in [0.2, 0.25) is 0 Å². The fourth-order valence-corrected chi connectivity index (χ4v) is 3.73. The van der Waals surface area contributed by atoms with Crippen LogP contribution in [0.4, 0.5) is 0 Å². The summed E-state index contributed by atoms with van der Waals surface area (Å²) < 4.78 is 11.0. The monoisotopic (exact) mass is 326 g/mol. The Hall–Kier alpha value is -2.04. The van der Waals surface area contributed by atoms with Crippen LogP contribution in [0.1, 0.15) is 17.0 Å². The molecule has 4 heteroatoms. The fourth-order valence-electron chi connectivity index (χ4n) is 3.73. The zero-order chi connectivity index (χ0) is 16.9. The second kappa shape index (κ2) is 7.69. The summed E-state index contributed by atoms with van der Waals surface area (Å²) in [5, 5.41) is 0. The number of para-hydroxylation sites is 1. The molecule has 0 aliphatic carbocycles. The zero-order valence-corrected chi connectivity index (χ0v) is 14.4. The van der Waals surface area contributed by atoms with Crippen molar-refractivity contribution in [2.24, 2.45) is 11.7 Å². The van der Waals surface area contributed by atoms with Crippen LogP contribution in [0, 0.1) is 5.92 Å². The SMILES string of the molecule is COc1cccc(CN2C[C@@H](CN)[C@H](c3ccccc3)C2)c1OC. The quantitative estimate of drug-likeness (QED) is 0.887. The number of nitrogens with two attached hydrogens (primary N) is 1. The topological polar surface area (TPSA) is 47.7 Å². The number of methoxy groups -OCH3 is 2. The third-order valence-electron chi connectivity index (χ3n) is 4.93. The molecular formula is C20H26N2O2. The van der Waals surface area contributed by atoms with E-state index in [2.05, 4.69) is 41.3 Å². The molecule has 0 saturated carbocycles. The van der Waals surface area contributed by atoms with Gasteiger partial charge >= 0.3 is 0 Å². The van der Waals surface area contributed by atoms with E-state index in [0.29, 0.717) is 18.4 Å². The summed E-state index contributed by atoms with van der Waals surface area (Å²) in [7, 11) is 3.37. The molecule has 24 heavy (non-hydrogen) atoms. The van der Waals surface area contributed by atoms with Gasteiger partial charge in [-0.15, -0.1) is 0 Å². The van der Waals surface area contributed by atoms with E-state index in [-0.39, 0.29) is 0 Å². The largest absolute Gasteiger partial charge is 0.493 e. The number of hydrogen-bond donors (Lipinski definition) is 1. The smallest absolute Gasteiger partial charge is 0.165 e. The normalized spacial score (nSPS) is 21.0. The van der Waals surface area contributed by atoms with E-state index in [1.807, 2.05) is 12.1 Å². The van der Waals surface area contributed by atoms with E-state index >= 15 is 0 Å². The lowest BCUT2D eigenvalue weighted by Crippen LogP contribution is -2.23. The van der Waals surface area contributed by atoms with Gasteiger partial charge in [0.1, 0.15) is 0 Å². The molecule has 2 aromatic rings. The molecule has 0 unspecified atom stereocenters. The van der Waals surface area contributed by atoms with E-state index in [4.69, 9.17) is 15.2 Å². The minimum atomic E-state index is 0.490. The fraction of sp³-hybridized carbons (Fsp3) is 0.400. The molecule has 1 heterocycles. The number of nitrogens with zero attached hydrogens (tertiary/aromatic N) is 1. The summed E-state index contributed by atoms with van der Waals surface area (Å²) in [5.74, 6) is 2.59. The molecular weight excluding hydrogens is 300 g/mol. The van der Waals surface area contributed by atoms with Crippen molar-refractivity contribution in [1.29, 1.82) is 0 Å². The molecule has 1 saturated heterocycles. The van der Waals surface area contributed by atoms with Crippen molar-refractivity contribution in [3.63, 3.8) is 0 Å². The van der Waals surface area contributed by atoms with Gasteiger partial charge in [0, 0.05) is 31.1 Å². The van der Waals surface area contributed by atoms with Gasteiger partial charge in [-0.25, -0.2) is 0 Å². The third-order valence-corrected chi connectivity index (χ3v) is 4.93. The average Bonchev–Trinajstić information content (AvgIpc) is 3.05. The molecule has 1 fully saturated rings. The van der Waals surface area contributed by atoms with Crippen molar-refractivity contribution in [3.8, 4) is 11.5 Å². The van der Waals surface area contributed by atoms with Crippen molar-refractivity contribution >= 4 is 0 Å². The summed E-state index contributed by atoms with van der Waals surface area (Å²) in [5.41, 5.74) is 8.58. The van der Waals surface area contributed by atoms with E-state index in [9.17, 15) is 0 Å². The maximum Gasteiger partial charge on any atom is 0.165 e. The molecule has 2 atom stereocenters. The van der Waals surface area contributed by atoms with Crippen molar-refractivity contribution in [2.45, 2.75) is 12.5 Å². The Morgan fingerprint density at radius 3 is 2.46 bits per heavy atom. The van der Waals surface area contributed by atoms with Gasteiger partial charge in [-0.05, 0) is 24.1 Å². The predicted molar refractivity (Wildman–Crippen MR) is 96.6 cm³/mol. The van der Waals surface area contributed by atoms with Gasteiger partial charge < -0.3 is 15.2 Å². The first-order valence-electron chi connectivity index (χ1n) is 8.44. The highest BCUT2D eigenvalue weighted by Gasteiger charge is 2.33. The summed E-state index contributed by atoms with van der Waals surface area (Å²) in [4.78, 5) is 2.46. The van der Waals surface area contributed by atoms with Gasteiger partial charge in [-0.3, -0.25) is 4.90 Å². The van der Waals surface area contributed by atoms with Crippen LogP contribution in [0.15, 0.2) is 48.5 Å². The van der Waals surface area contributed by atoms with E-state index < -0.39 is 0 Å². The first-order valence-corrected chi connectivity index (χ1v) is 8.44. The van der Waals surface area contributed by atoms with E-state index in [1.165, 1.54) is 5.56 Å². The van der Waals surface area contributed by atoms with Gasteiger partial charge in [-0.1, -0.05) is 42.5 Å². The standard InChI is InChI=1S/C20H26N2O2/c1-23-19-10-6-9-16(20(19)24-2)12-22-13-17(11-21)18(14-22)15-7-4-3-5-8-15/h3-10,17-18H,11-14,21H2,1-2H3/t17-,18+/m1/s1. The number of rotatable bonds is 6. The zero-order valence-electron chi connectivity index (χ0n) is 14.4. The van der Waals surface area contributed by atoms with Gasteiger partial charge in [0.15, 0.2) is 11.5 Å². The second-order valence-electron chi connectivity index (χ2n) is 6.36. The molecule has 0 amide bonds. The summed E-state index contributed by atoms with van der Waals surface area (Å²) in [6.07, 6.45) is 0. The third kappa shape index (κ3) is 3.40. The lowest BCUT2D eigenvalue weighted by atomic mass is 9.89. The van der Waals surface area contributed by atoms with Crippen LogP contribution in [-0.2, 0) is 6.54 Å². The highest BCUT2D eigenvalue weighted by Crippen LogP contribution is 2.36. The first-order chi connectivity index (χ1) is 11.8. The summed E-state index contributed by atoms with van der Waals surface area (Å²) >= 11 is 0. The highest BCUT2D eigenvalue weighted by molar-refractivity contribution is 5.46. The molecule has 3 rings (SSSR count). The van der Waals surface area contributed by atoms with Gasteiger partial charge in [0.05, 0.1) is 14.2 Å². The number of ether oxygens (including phenoxy) is 2. The Bertz CT molecular complexity index is 660. The van der Waals surface area contributed by atoms with Crippen LogP contribution in [0.5, 0.6) is 11.5 Å². The van der Waals surface area contributed by atoms with Gasteiger partial charge in [-0.2, -0.15) is 0 Å². The van der Waals surface area contributed by atoms with Gasteiger partial charge in [0.2, 0.25) is 0 Å². The minimum absolute atomic E-state index is 0.490. The first kappa shape index (κ1) is 16.8. The van der Waals surface area contributed by atoms with Crippen LogP contribution in [0.3, 0.4) is 0 Å². The maximum atomic E-state index is 6.05. The molecule has 4 nitrogen and oxygen atoms in total. The molecule has 1 aliphatic rings. The number of hydrogen-bond acceptors (Lipinski definition) is 4. The maximum absolute atomic E-state index is 6.05. The highest BCUT2D eigenvalue weighted by atomic mass is 16.5. The van der Waals surface area contributed by atoms with E-state index in [0.717, 1.165) is 36.7 Å². The predicted octanol–water partition coefficient (Wildman–Crippen LogP) is 2.88. The van der Waals surface area contributed by atoms with E-state index in [1.54, 1.807) is 14.2 Å². The molecule has 0 bridgehead atoms. The van der Waals surface area contributed by atoms with Crippen LogP contribution in [-0.4, -0.2) is 38.8 Å². The Balaban J connectivity index is 1.78. The number of likely N-dealkylation sites (tertiary alicyclic amines) is 1. The van der Waals surface area contributed by atoms with Crippen molar-refractivity contribution < 1.29 is 9.47 Å². The number of benzene rings is 2. The molecule has 0 aromatic heterocycles. The average molecular weight is 326 g/mol. The Morgan fingerprint density at radius 2 is 1.79 bits per heavy atom. The van der Waals surface area contributed by atoms with Crippen LogP contribution >= 0.6 is 0 Å². The Kier molecular flexibility index (Phi) is 5.38. The summed E-state index contributed by atoms with van der Waals surface area (Å²) in [6, 6.07) is 16.8. The second-order valence-corrected chi connectivity index (χ2v) is 6.36. The van der Waals surface area contributed by atoms with Gasteiger partial charge in [0.25, 0.3) is 0 Å². The molecule has 1 aliphatic heterocycles. The van der Waals surface area contributed by atoms with Crippen molar-refractivity contribution in [3.05, 3.63) is 59.7 Å². The Morgan fingerprint density at radius 1 is 1.00 bits per heavy atom. The summed E-state index contributed by atoms with van der Waals surface area (Å²) in [6.45, 7) is 3.59. The lowest BCUT2D eigenvalue weighted by Gasteiger charge is -2.19. The van der Waals surface area contributed by atoms with Crippen molar-refractivity contribution in [1.82, 2.24) is 4.90 Å². The van der Waals surface area contributed by atoms with Crippen LogP contribution in [0.25, 0.3) is 0 Å². The Labute approximate surface area is 144 Å². The molecule has 0 spiro atoms. The minimum Gasteiger partial charge on any atom is -0.493 e. The lowest BCUT2D eigenvalue weighted by molar-refractivity contribution is 0.302. The molecule has 128 valence electrons. The van der Waals surface area contributed by atoms with Crippen LogP contribution < -0.4 is 15.2 Å². The van der Waals surface area contributed by atoms with Crippen molar-refractivity contribution in [2.75, 3.05) is 33.9 Å². The molecule has 2 aromatic carbocycles.